The number of hydrogen-bond donors (Lipinski definition) is 1. The molecule has 3 aliphatic rings. The molecule has 1 N–H and O–H groups in total. The third-order valence-electron chi connectivity index (χ3n) is 7.08. The number of aromatic nitrogens is 2. The van der Waals surface area contributed by atoms with Crippen LogP contribution in [0, 0.1) is 11.8 Å². The maximum Gasteiger partial charge on any atom is 0.248 e. The molecular weight excluding hydrogens is 456 g/mol. The molecule has 2 aliphatic heterocycles. The number of nitrogens with zero attached hydrogens (tertiary/aromatic N) is 4. The smallest absolute Gasteiger partial charge is 0.248 e. The van der Waals surface area contributed by atoms with Gasteiger partial charge in [-0.2, -0.15) is 5.10 Å². The van der Waals surface area contributed by atoms with Crippen LogP contribution in [-0.4, -0.2) is 65.1 Å². The molecule has 0 radical (unpaired) electrons. The number of anilines is 2. The van der Waals surface area contributed by atoms with Gasteiger partial charge in [-0.3, -0.25) is 9.59 Å². The Balaban J connectivity index is 1.06. The first-order valence-electron chi connectivity index (χ1n) is 12.1. The van der Waals surface area contributed by atoms with Crippen molar-refractivity contribution in [3.63, 3.8) is 0 Å². The van der Waals surface area contributed by atoms with Crippen molar-refractivity contribution in [2.45, 2.75) is 44.1 Å². The fraction of sp³-hybridized carbons (Fsp3) is 0.520. The van der Waals surface area contributed by atoms with E-state index in [4.69, 9.17) is 4.74 Å². The summed E-state index contributed by atoms with van der Waals surface area (Å²) >= 11 is 0. The van der Waals surface area contributed by atoms with Crippen LogP contribution in [0.1, 0.15) is 32.1 Å². The Morgan fingerprint density at radius 3 is 2.43 bits per heavy atom. The van der Waals surface area contributed by atoms with Gasteiger partial charge in [-0.05, 0) is 49.2 Å². The lowest BCUT2D eigenvalue weighted by molar-refractivity contribution is -0.138. The van der Waals surface area contributed by atoms with E-state index in [-0.39, 0.29) is 55.4 Å². The number of nitrogens with one attached hydrogen (secondary N) is 1. The minimum Gasteiger partial charge on any atom is -0.489 e. The van der Waals surface area contributed by atoms with Crippen molar-refractivity contribution >= 4 is 23.3 Å². The standard InChI is InChI=1S/C25H29F2N5O3/c26-25(27)10-7-17(8-11-25)24(34)31-13-9-21(16-31)35-20-5-3-19(4-6-20)29-23(33)18-14-32(15-18)22-2-1-12-28-30-22/h1-6,12,17-18,21H,7-11,13-16H2,(H,29,33)/t21-/m1/s1. The second kappa shape index (κ2) is 9.75. The van der Waals surface area contributed by atoms with Crippen LogP contribution in [0.25, 0.3) is 0 Å². The second-order valence-electron chi connectivity index (χ2n) is 9.64. The number of carbonyl (C=O) groups excluding carboxylic acids is 2. The van der Waals surface area contributed by atoms with Crippen LogP contribution in [0.2, 0.25) is 0 Å². The van der Waals surface area contributed by atoms with Crippen LogP contribution in [0.4, 0.5) is 20.3 Å². The third kappa shape index (κ3) is 5.52. The highest BCUT2D eigenvalue weighted by atomic mass is 19.3. The van der Waals surface area contributed by atoms with E-state index in [0.717, 1.165) is 5.82 Å². The highest BCUT2D eigenvalue weighted by Crippen LogP contribution is 2.37. The summed E-state index contributed by atoms with van der Waals surface area (Å²) in [6, 6.07) is 10.9. The SMILES string of the molecule is O=C(Nc1ccc(O[C@@H]2CCN(C(=O)C3CCC(F)(F)CC3)C2)cc1)C1CN(c2cccnn2)C1. The number of hydrogen-bond acceptors (Lipinski definition) is 6. The molecule has 3 heterocycles. The van der Waals surface area contributed by atoms with Crippen molar-refractivity contribution in [2.75, 3.05) is 36.4 Å². The summed E-state index contributed by atoms with van der Waals surface area (Å²) in [6.45, 7) is 2.25. The molecule has 186 valence electrons. The lowest BCUT2D eigenvalue weighted by atomic mass is 9.86. The fourth-order valence-electron chi connectivity index (χ4n) is 4.92. The number of ether oxygens (including phenoxy) is 1. The normalized spacial score (nSPS) is 22.5. The van der Waals surface area contributed by atoms with Crippen molar-refractivity contribution in [3.8, 4) is 5.75 Å². The molecule has 2 aromatic rings. The van der Waals surface area contributed by atoms with E-state index in [2.05, 4.69) is 15.5 Å². The molecule has 1 aromatic heterocycles. The molecule has 35 heavy (non-hydrogen) atoms. The highest BCUT2D eigenvalue weighted by Gasteiger charge is 2.40. The summed E-state index contributed by atoms with van der Waals surface area (Å²) < 4.78 is 32.8. The number of alkyl halides is 2. The zero-order valence-electron chi connectivity index (χ0n) is 19.4. The number of amides is 2. The molecule has 3 fully saturated rings. The molecule has 0 spiro atoms. The van der Waals surface area contributed by atoms with E-state index >= 15 is 0 Å². The molecule has 8 nitrogen and oxygen atoms in total. The zero-order chi connectivity index (χ0) is 24.4. The van der Waals surface area contributed by atoms with Crippen molar-refractivity contribution in [1.29, 1.82) is 0 Å². The average molecular weight is 486 g/mol. The topological polar surface area (TPSA) is 87.7 Å². The molecule has 5 rings (SSSR count). The molecule has 1 atom stereocenters. The Morgan fingerprint density at radius 1 is 1.00 bits per heavy atom. The van der Waals surface area contributed by atoms with E-state index < -0.39 is 5.92 Å². The van der Waals surface area contributed by atoms with E-state index in [9.17, 15) is 18.4 Å². The van der Waals surface area contributed by atoms with Crippen LogP contribution in [-0.2, 0) is 9.59 Å². The molecular formula is C25H29F2N5O3. The summed E-state index contributed by atoms with van der Waals surface area (Å²) in [5.74, 6) is -1.68. The number of carbonyl (C=O) groups is 2. The van der Waals surface area contributed by atoms with Gasteiger partial charge in [-0.15, -0.1) is 5.10 Å². The maximum absolute atomic E-state index is 13.4. The number of likely N-dealkylation sites (tertiary alicyclic amines) is 1. The van der Waals surface area contributed by atoms with Gasteiger partial charge in [-0.1, -0.05) is 0 Å². The van der Waals surface area contributed by atoms with E-state index in [1.54, 1.807) is 35.4 Å². The van der Waals surface area contributed by atoms with Gasteiger partial charge in [-0.25, -0.2) is 8.78 Å². The monoisotopic (exact) mass is 485 g/mol. The summed E-state index contributed by atoms with van der Waals surface area (Å²) in [6.07, 6.45) is 2.28. The highest BCUT2D eigenvalue weighted by molar-refractivity contribution is 5.94. The van der Waals surface area contributed by atoms with Crippen LogP contribution in [0.3, 0.4) is 0 Å². The van der Waals surface area contributed by atoms with Crippen molar-refractivity contribution in [3.05, 3.63) is 42.6 Å². The quantitative estimate of drug-likeness (QED) is 0.675. The number of halogens is 2. The molecule has 2 amide bonds. The summed E-state index contributed by atoms with van der Waals surface area (Å²) in [5.41, 5.74) is 0.692. The Morgan fingerprint density at radius 2 is 1.74 bits per heavy atom. The van der Waals surface area contributed by atoms with Crippen LogP contribution in [0.5, 0.6) is 5.75 Å². The predicted molar refractivity (Wildman–Crippen MR) is 125 cm³/mol. The molecule has 0 unspecified atom stereocenters. The Hall–Kier alpha value is -3.30. The van der Waals surface area contributed by atoms with Gasteiger partial charge in [0.2, 0.25) is 17.7 Å². The molecule has 1 aliphatic carbocycles. The van der Waals surface area contributed by atoms with Gasteiger partial charge in [0.1, 0.15) is 11.9 Å². The van der Waals surface area contributed by atoms with E-state index in [1.165, 1.54) is 0 Å². The molecule has 1 aromatic carbocycles. The summed E-state index contributed by atoms with van der Waals surface area (Å²) in [5, 5.41) is 10.9. The lowest BCUT2D eigenvalue weighted by Gasteiger charge is -2.38. The average Bonchev–Trinajstić information content (AvgIpc) is 3.28. The Labute approximate surface area is 202 Å². The first-order chi connectivity index (χ1) is 16.9. The minimum atomic E-state index is -2.63. The zero-order valence-corrected chi connectivity index (χ0v) is 19.4. The van der Waals surface area contributed by atoms with Crippen molar-refractivity contribution in [1.82, 2.24) is 15.1 Å². The van der Waals surface area contributed by atoms with Crippen molar-refractivity contribution < 1.29 is 23.1 Å². The van der Waals surface area contributed by atoms with Crippen LogP contribution in [0.15, 0.2) is 42.6 Å². The Kier molecular flexibility index (Phi) is 6.53. The van der Waals surface area contributed by atoms with Gasteiger partial charge >= 0.3 is 0 Å². The first kappa shape index (κ1) is 23.4. The van der Waals surface area contributed by atoms with Gasteiger partial charge < -0.3 is 19.9 Å². The van der Waals surface area contributed by atoms with Gasteiger partial charge in [0, 0.05) is 56.7 Å². The van der Waals surface area contributed by atoms with Crippen LogP contribution >= 0.6 is 0 Å². The second-order valence-corrected chi connectivity index (χ2v) is 9.64. The molecule has 0 bridgehead atoms. The molecule has 10 heteroatoms. The van der Waals surface area contributed by atoms with Gasteiger partial charge in [0.05, 0.1) is 12.5 Å². The number of benzene rings is 1. The molecule has 1 saturated carbocycles. The fourth-order valence-corrected chi connectivity index (χ4v) is 4.92. The van der Waals surface area contributed by atoms with Gasteiger partial charge in [0.25, 0.3) is 0 Å². The minimum absolute atomic E-state index is 0.0291. The lowest BCUT2D eigenvalue weighted by Crippen LogP contribution is -2.52. The molecule has 2 saturated heterocycles. The Bertz CT molecular complexity index is 1040. The predicted octanol–water partition coefficient (Wildman–Crippen LogP) is 3.36. The third-order valence-corrected chi connectivity index (χ3v) is 7.08. The van der Waals surface area contributed by atoms with E-state index in [1.807, 2.05) is 17.0 Å². The maximum atomic E-state index is 13.4. The van der Waals surface area contributed by atoms with E-state index in [0.29, 0.717) is 44.0 Å². The van der Waals surface area contributed by atoms with Crippen molar-refractivity contribution in [2.24, 2.45) is 11.8 Å². The summed E-state index contributed by atoms with van der Waals surface area (Å²) in [7, 11) is 0. The largest absolute Gasteiger partial charge is 0.489 e. The van der Waals surface area contributed by atoms with Crippen LogP contribution < -0.4 is 15.0 Å². The first-order valence-corrected chi connectivity index (χ1v) is 12.1. The number of rotatable bonds is 6. The van der Waals surface area contributed by atoms with Gasteiger partial charge in [0.15, 0.2) is 5.82 Å². The summed E-state index contributed by atoms with van der Waals surface area (Å²) in [4.78, 5) is 29.0.